The van der Waals surface area contributed by atoms with Gasteiger partial charge in [-0.05, 0) is 25.7 Å². The average molecular weight is 310 g/mol. The van der Waals surface area contributed by atoms with E-state index >= 15 is 0 Å². The predicted octanol–water partition coefficient (Wildman–Crippen LogP) is 1.20. The van der Waals surface area contributed by atoms with Crippen LogP contribution < -0.4 is 10.6 Å². The van der Waals surface area contributed by atoms with Crippen molar-refractivity contribution in [2.24, 2.45) is 0 Å². The van der Waals surface area contributed by atoms with E-state index in [9.17, 15) is 0 Å². The molecule has 2 N–H and O–H groups in total. The van der Waals surface area contributed by atoms with Gasteiger partial charge in [0, 0.05) is 0 Å². The highest BCUT2D eigenvalue weighted by molar-refractivity contribution is 4.93. The second-order valence-corrected chi connectivity index (χ2v) is 7.28. The third kappa shape index (κ3) is 2.41. The van der Waals surface area contributed by atoms with Gasteiger partial charge in [0.15, 0.2) is 24.9 Å². The van der Waals surface area contributed by atoms with E-state index < -0.39 is 0 Å². The van der Waals surface area contributed by atoms with Crippen molar-refractivity contribution in [1.82, 2.24) is 10.6 Å². The van der Waals surface area contributed by atoms with Crippen LogP contribution in [0.5, 0.6) is 0 Å². The molecule has 0 spiro atoms. The number of hydrogen-bond donors (Lipinski definition) is 2. The van der Waals surface area contributed by atoms with Crippen LogP contribution in [0.15, 0.2) is 0 Å². The summed E-state index contributed by atoms with van der Waals surface area (Å²) < 4.78 is 25.0. The summed E-state index contributed by atoms with van der Waals surface area (Å²) in [6, 6.07) is 0. The van der Waals surface area contributed by atoms with E-state index in [-0.39, 0.29) is 49.3 Å². The molecule has 8 atom stereocenters. The second-order valence-electron chi connectivity index (χ2n) is 7.28. The maximum absolute atomic E-state index is 6.25. The number of piperazine rings is 1. The number of ether oxygens (including phenoxy) is 4. The Labute approximate surface area is 131 Å². The van der Waals surface area contributed by atoms with Crippen molar-refractivity contribution in [2.45, 2.75) is 101 Å². The highest BCUT2D eigenvalue weighted by atomic mass is 16.7. The molecule has 6 nitrogen and oxygen atoms in total. The third-order valence-electron chi connectivity index (χ3n) is 5.78. The lowest BCUT2D eigenvalue weighted by molar-refractivity contribution is -0.326. The first-order valence-electron chi connectivity index (χ1n) is 9.01. The van der Waals surface area contributed by atoms with Crippen molar-refractivity contribution in [2.75, 3.05) is 0 Å². The van der Waals surface area contributed by atoms with Crippen molar-refractivity contribution in [3.05, 3.63) is 0 Å². The first-order valence-corrected chi connectivity index (χ1v) is 9.01. The Hall–Kier alpha value is -0.240. The molecule has 3 aliphatic heterocycles. The molecular weight excluding hydrogens is 284 g/mol. The smallest absolute Gasteiger partial charge is 0.150 e. The molecule has 0 aromatic heterocycles. The van der Waals surface area contributed by atoms with E-state index in [2.05, 4.69) is 10.6 Å². The molecule has 124 valence electrons. The van der Waals surface area contributed by atoms with Gasteiger partial charge in [-0.15, -0.1) is 0 Å². The fourth-order valence-electron chi connectivity index (χ4n) is 4.62. The minimum absolute atomic E-state index is 0.135. The zero-order chi connectivity index (χ0) is 14.5. The molecule has 0 radical (unpaired) electrons. The van der Waals surface area contributed by atoms with Gasteiger partial charge in [0.1, 0.15) is 0 Å². The molecule has 8 unspecified atom stereocenters. The summed E-state index contributed by atoms with van der Waals surface area (Å²) in [5.41, 5.74) is 0. The molecule has 6 heteroatoms. The van der Waals surface area contributed by atoms with Gasteiger partial charge < -0.3 is 18.9 Å². The number of nitrogens with one attached hydrogen (secondary N) is 2. The van der Waals surface area contributed by atoms with E-state index in [1.54, 1.807) is 0 Å². The van der Waals surface area contributed by atoms with Crippen LogP contribution in [0.3, 0.4) is 0 Å². The molecule has 2 aliphatic carbocycles. The molecule has 0 bridgehead atoms. The van der Waals surface area contributed by atoms with Crippen LogP contribution in [0.1, 0.15) is 51.4 Å². The summed E-state index contributed by atoms with van der Waals surface area (Å²) in [5, 5.41) is 6.93. The molecule has 5 fully saturated rings. The molecule has 5 aliphatic rings. The van der Waals surface area contributed by atoms with Crippen molar-refractivity contribution >= 4 is 0 Å². The minimum Gasteiger partial charge on any atom is -0.353 e. The summed E-state index contributed by atoms with van der Waals surface area (Å²) in [6.07, 6.45) is 9.75. The van der Waals surface area contributed by atoms with Gasteiger partial charge in [0.2, 0.25) is 0 Å². The topological polar surface area (TPSA) is 61.0 Å². The highest BCUT2D eigenvalue weighted by Gasteiger charge is 2.50. The van der Waals surface area contributed by atoms with Gasteiger partial charge >= 0.3 is 0 Å². The summed E-state index contributed by atoms with van der Waals surface area (Å²) in [5.74, 6) is 0. The van der Waals surface area contributed by atoms with Crippen molar-refractivity contribution in [1.29, 1.82) is 0 Å². The van der Waals surface area contributed by atoms with E-state index in [0.717, 1.165) is 25.7 Å². The van der Waals surface area contributed by atoms with Crippen LogP contribution in [0, 0.1) is 0 Å². The van der Waals surface area contributed by atoms with Crippen LogP contribution in [-0.4, -0.2) is 49.3 Å². The maximum atomic E-state index is 6.25. The second kappa shape index (κ2) is 5.69. The van der Waals surface area contributed by atoms with Crippen LogP contribution in [0.4, 0.5) is 0 Å². The van der Waals surface area contributed by atoms with Gasteiger partial charge in [-0.1, -0.05) is 25.7 Å². The van der Waals surface area contributed by atoms with Crippen LogP contribution in [-0.2, 0) is 18.9 Å². The lowest BCUT2D eigenvalue weighted by Crippen LogP contribution is -2.75. The Kier molecular flexibility index (Phi) is 3.65. The van der Waals surface area contributed by atoms with Crippen LogP contribution in [0.25, 0.3) is 0 Å². The molecule has 3 saturated heterocycles. The Morgan fingerprint density at radius 1 is 0.455 bits per heavy atom. The quantitative estimate of drug-likeness (QED) is 0.701. The van der Waals surface area contributed by atoms with Crippen LogP contribution >= 0.6 is 0 Å². The Bertz CT molecular complexity index is 349. The van der Waals surface area contributed by atoms with Gasteiger partial charge in [-0.2, -0.15) is 0 Å². The largest absolute Gasteiger partial charge is 0.353 e. The van der Waals surface area contributed by atoms with Gasteiger partial charge in [0.05, 0.1) is 24.4 Å². The van der Waals surface area contributed by atoms with E-state index in [0.29, 0.717) is 0 Å². The zero-order valence-corrected chi connectivity index (χ0v) is 12.9. The Morgan fingerprint density at radius 2 is 0.727 bits per heavy atom. The normalized spacial score (nSPS) is 54.5. The summed E-state index contributed by atoms with van der Waals surface area (Å²) in [7, 11) is 0. The molecule has 3 heterocycles. The van der Waals surface area contributed by atoms with Gasteiger partial charge in [-0.3, -0.25) is 10.6 Å². The fourth-order valence-corrected chi connectivity index (χ4v) is 4.62. The average Bonchev–Trinajstić information content (AvgIpc) is 2.56. The Balaban J connectivity index is 1.29. The molecule has 2 saturated carbocycles. The van der Waals surface area contributed by atoms with Gasteiger partial charge in [-0.25, -0.2) is 0 Å². The van der Waals surface area contributed by atoms with E-state index in [1.165, 1.54) is 25.7 Å². The summed E-state index contributed by atoms with van der Waals surface area (Å²) >= 11 is 0. The lowest BCUT2D eigenvalue weighted by Gasteiger charge is -2.53. The van der Waals surface area contributed by atoms with Crippen LogP contribution in [0.2, 0.25) is 0 Å². The minimum atomic E-state index is -0.135. The van der Waals surface area contributed by atoms with Crippen molar-refractivity contribution in [3.63, 3.8) is 0 Å². The number of hydrogen-bond acceptors (Lipinski definition) is 6. The lowest BCUT2D eigenvalue weighted by atomic mass is 9.93. The number of rotatable bonds is 0. The monoisotopic (exact) mass is 310 g/mol. The summed E-state index contributed by atoms with van der Waals surface area (Å²) in [4.78, 5) is 0. The number of fused-ring (bicyclic) bond motifs is 4. The molecule has 5 rings (SSSR count). The molecule has 0 amide bonds. The summed E-state index contributed by atoms with van der Waals surface area (Å²) in [6.45, 7) is 0. The van der Waals surface area contributed by atoms with Gasteiger partial charge in [0.25, 0.3) is 0 Å². The molecular formula is C16H26N2O4. The molecule has 0 aromatic carbocycles. The maximum Gasteiger partial charge on any atom is 0.150 e. The van der Waals surface area contributed by atoms with Crippen molar-refractivity contribution in [3.8, 4) is 0 Å². The standard InChI is InChI=1S/C16H26N2O4/c1-2-6-10-9(5-1)19-13-14(20-10)18-16-15(17-13)21-11-7-3-4-8-12(11)22-16/h9-18H,1-8H2. The third-order valence-corrected chi connectivity index (χ3v) is 5.78. The fraction of sp³-hybridized carbons (Fsp3) is 1.00. The molecule has 0 aromatic rings. The SMILES string of the molecule is C1CCC2OC3NC4OC5CCCCC5OC4NC3OC2C1. The highest BCUT2D eigenvalue weighted by Crippen LogP contribution is 2.35. The first kappa shape index (κ1) is 14.1. The van der Waals surface area contributed by atoms with E-state index in [1.807, 2.05) is 0 Å². The van der Waals surface area contributed by atoms with Crippen molar-refractivity contribution < 1.29 is 18.9 Å². The Morgan fingerprint density at radius 3 is 1.00 bits per heavy atom. The first-order chi connectivity index (χ1) is 10.9. The zero-order valence-electron chi connectivity index (χ0n) is 12.9. The van der Waals surface area contributed by atoms with E-state index in [4.69, 9.17) is 18.9 Å². The predicted molar refractivity (Wildman–Crippen MR) is 77.9 cm³/mol. The molecule has 22 heavy (non-hydrogen) atoms.